The maximum absolute atomic E-state index is 9.50. The van der Waals surface area contributed by atoms with Gasteiger partial charge in [0.1, 0.15) is 11.1 Å². The van der Waals surface area contributed by atoms with Gasteiger partial charge in [-0.2, -0.15) is 5.26 Å². The topological polar surface area (TPSA) is 61.4 Å². The van der Waals surface area contributed by atoms with Crippen LogP contribution >= 0.6 is 22.9 Å². The second kappa shape index (κ2) is 8.05. The summed E-state index contributed by atoms with van der Waals surface area (Å²) in [5.41, 5.74) is 4.07. The molecule has 4 nitrogen and oxygen atoms in total. The highest BCUT2D eigenvalue weighted by molar-refractivity contribution is 7.16. The summed E-state index contributed by atoms with van der Waals surface area (Å²) < 4.78 is 0. The number of aryl methyl sites for hydroxylation is 2. The smallest absolute Gasteiger partial charge is 0.162 e. The van der Waals surface area contributed by atoms with Gasteiger partial charge in [0, 0.05) is 5.02 Å². The van der Waals surface area contributed by atoms with Gasteiger partial charge in [-0.3, -0.25) is 0 Å². The lowest BCUT2D eigenvalue weighted by molar-refractivity contribution is 1.18. The van der Waals surface area contributed by atoms with Crippen molar-refractivity contribution in [2.24, 2.45) is 10.2 Å². The molecule has 26 heavy (non-hydrogen) atoms. The van der Waals surface area contributed by atoms with Gasteiger partial charge in [-0.05, 0) is 49.8 Å². The van der Waals surface area contributed by atoms with Crippen LogP contribution in [0, 0.1) is 25.2 Å². The standard InChI is InChI=1S/C20H15ClN4S/c1-13-3-9-18(10-4-13)24-25-19-14(2)23-20(26-19)16(12-22)11-15-5-7-17(21)8-6-15/h3-11H,1-2H3/b16-11-,25-24?. The van der Waals surface area contributed by atoms with E-state index in [2.05, 4.69) is 21.3 Å². The zero-order valence-electron chi connectivity index (χ0n) is 14.3. The fourth-order valence-corrected chi connectivity index (χ4v) is 3.16. The van der Waals surface area contributed by atoms with Crippen molar-refractivity contribution in [3.8, 4) is 6.07 Å². The number of halogens is 1. The zero-order valence-corrected chi connectivity index (χ0v) is 15.8. The molecule has 0 fully saturated rings. The summed E-state index contributed by atoms with van der Waals surface area (Å²) >= 11 is 7.25. The lowest BCUT2D eigenvalue weighted by Crippen LogP contribution is -1.81. The minimum atomic E-state index is 0.484. The van der Waals surface area contributed by atoms with Gasteiger partial charge in [-0.15, -0.1) is 10.2 Å². The Morgan fingerprint density at radius 2 is 1.77 bits per heavy atom. The highest BCUT2D eigenvalue weighted by Crippen LogP contribution is 2.33. The molecule has 0 N–H and O–H groups in total. The van der Waals surface area contributed by atoms with Gasteiger partial charge in [0.15, 0.2) is 5.00 Å². The largest absolute Gasteiger partial charge is 0.238 e. The van der Waals surface area contributed by atoms with Crippen LogP contribution in [0.5, 0.6) is 0 Å². The molecule has 0 saturated carbocycles. The van der Waals surface area contributed by atoms with Crippen molar-refractivity contribution in [3.63, 3.8) is 0 Å². The van der Waals surface area contributed by atoms with E-state index in [1.807, 2.05) is 50.2 Å². The van der Waals surface area contributed by atoms with Gasteiger partial charge < -0.3 is 0 Å². The first-order chi connectivity index (χ1) is 12.5. The van der Waals surface area contributed by atoms with E-state index in [4.69, 9.17) is 11.6 Å². The molecule has 128 valence electrons. The summed E-state index contributed by atoms with van der Waals surface area (Å²) in [4.78, 5) is 4.47. The van der Waals surface area contributed by atoms with E-state index in [1.54, 1.807) is 18.2 Å². The third-order valence-corrected chi connectivity index (χ3v) is 4.92. The molecule has 0 radical (unpaired) electrons. The fraction of sp³-hybridized carbons (Fsp3) is 0.100. The second-order valence-corrected chi connectivity index (χ2v) is 7.08. The van der Waals surface area contributed by atoms with E-state index in [0.29, 0.717) is 20.6 Å². The van der Waals surface area contributed by atoms with Crippen LogP contribution < -0.4 is 0 Å². The summed E-state index contributed by atoms with van der Waals surface area (Å²) in [6, 6.07) is 17.3. The van der Waals surface area contributed by atoms with Crippen molar-refractivity contribution in [2.45, 2.75) is 13.8 Å². The normalized spacial score (nSPS) is 11.7. The number of thiazole rings is 1. The molecule has 3 rings (SSSR count). The van der Waals surface area contributed by atoms with Gasteiger partial charge in [0.05, 0.1) is 17.0 Å². The van der Waals surface area contributed by atoms with Crippen LogP contribution in [0.2, 0.25) is 5.02 Å². The molecular formula is C20H15ClN4S. The number of azo groups is 1. The number of hydrogen-bond donors (Lipinski definition) is 0. The lowest BCUT2D eigenvalue weighted by Gasteiger charge is -1.95. The summed E-state index contributed by atoms with van der Waals surface area (Å²) in [6.45, 7) is 3.89. The third-order valence-electron chi connectivity index (χ3n) is 3.59. The van der Waals surface area contributed by atoms with Gasteiger partial charge in [-0.1, -0.05) is 52.8 Å². The molecule has 1 heterocycles. The Kier molecular flexibility index (Phi) is 5.57. The molecule has 0 unspecified atom stereocenters. The number of aromatic nitrogens is 1. The molecule has 6 heteroatoms. The van der Waals surface area contributed by atoms with Crippen LogP contribution in [0.15, 0.2) is 58.8 Å². The number of nitrogens with zero attached hydrogens (tertiary/aromatic N) is 4. The van der Waals surface area contributed by atoms with E-state index in [-0.39, 0.29) is 0 Å². The van der Waals surface area contributed by atoms with E-state index < -0.39 is 0 Å². The Morgan fingerprint density at radius 1 is 1.08 bits per heavy atom. The van der Waals surface area contributed by atoms with Gasteiger partial charge in [0.2, 0.25) is 0 Å². The van der Waals surface area contributed by atoms with Crippen LogP contribution in [0.25, 0.3) is 11.6 Å². The Hall–Kier alpha value is -2.81. The molecule has 0 aliphatic heterocycles. The SMILES string of the molecule is Cc1ccc(N=Nc2sc(/C(C#N)=C\c3ccc(Cl)cc3)nc2C)cc1. The van der Waals surface area contributed by atoms with E-state index >= 15 is 0 Å². The van der Waals surface area contributed by atoms with Crippen molar-refractivity contribution >= 4 is 45.3 Å². The molecular weight excluding hydrogens is 364 g/mol. The highest BCUT2D eigenvalue weighted by Gasteiger charge is 2.11. The first-order valence-corrected chi connectivity index (χ1v) is 9.08. The number of rotatable bonds is 4. The highest BCUT2D eigenvalue weighted by atomic mass is 35.5. The van der Waals surface area contributed by atoms with Crippen LogP contribution in [0.1, 0.15) is 21.8 Å². The van der Waals surface area contributed by atoms with Gasteiger partial charge in [0.25, 0.3) is 0 Å². The summed E-state index contributed by atoms with van der Waals surface area (Å²) in [7, 11) is 0. The Morgan fingerprint density at radius 3 is 2.42 bits per heavy atom. The van der Waals surface area contributed by atoms with Crippen molar-refractivity contribution in [2.75, 3.05) is 0 Å². The van der Waals surface area contributed by atoms with E-state index in [0.717, 1.165) is 16.9 Å². The quantitative estimate of drug-likeness (QED) is 0.366. The first kappa shape index (κ1) is 18.0. The molecule has 0 aliphatic rings. The molecule has 1 aromatic heterocycles. The maximum atomic E-state index is 9.50. The Balaban J connectivity index is 1.87. The monoisotopic (exact) mass is 378 g/mol. The predicted octanol–water partition coefficient (Wildman–Crippen LogP) is 6.89. The van der Waals surface area contributed by atoms with Crippen LogP contribution in [-0.2, 0) is 0 Å². The van der Waals surface area contributed by atoms with Crippen LogP contribution in [0.4, 0.5) is 10.7 Å². The molecule has 0 amide bonds. The number of benzene rings is 2. The minimum absolute atomic E-state index is 0.484. The van der Waals surface area contributed by atoms with Crippen LogP contribution in [0.3, 0.4) is 0 Å². The van der Waals surface area contributed by atoms with Gasteiger partial charge >= 0.3 is 0 Å². The number of hydrogen-bond acceptors (Lipinski definition) is 5. The zero-order chi connectivity index (χ0) is 18.5. The van der Waals surface area contributed by atoms with Crippen molar-refractivity contribution in [1.29, 1.82) is 5.26 Å². The molecule has 0 bridgehead atoms. The van der Waals surface area contributed by atoms with Crippen LogP contribution in [-0.4, -0.2) is 4.98 Å². The second-order valence-electron chi connectivity index (χ2n) is 5.67. The van der Waals surface area contributed by atoms with Crippen molar-refractivity contribution in [1.82, 2.24) is 4.98 Å². The molecule has 3 aromatic rings. The fourth-order valence-electron chi connectivity index (χ4n) is 2.18. The molecule has 0 saturated heterocycles. The Labute approximate surface area is 161 Å². The average Bonchev–Trinajstić information content (AvgIpc) is 3.01. The molecule has 0 atom stereocenters. The van der Waals surface area contributed by atoms with Crippen molar-refractivity contribution < 1.29 is 0 Å². The number of allylic oxidation sites excluding steroid dienone is 1. The average molecular weight is 379 g/mol. The first-order valence-electron chi connectivity index (χ1n) is 7.89. The van der Waals surface area contributed by atoms with Gasteiger partial charge in [-0.25, -0.2) is 4.98 Å². The molecule has 2 aromatic carbocycles. The van der Waals surface area contributed by atoms with E-state index in [9.17, 15) is 5.26 Å². The summed E-state index contributed by atoms with van der Waals surface area (Å²) in [5.74, 6) is 0. The molecule has 0 spiro atoms. The third kappa shape index (κ3) is 4.42. The lowest BCUT2D eigenvalue weighted by atomic mass is 10.1. The summed E-state index contributed by atoms with van der Waals surface area (Å²) in [6.07, 6.45) is 1.79. The van der Waals surface area contributed by atoms with E-state index in [1.165, 1.54) is 16.9 Å². The Bertz CT molecular complexity index is 1010. The minimum Gasteiger partial charge on any atom is -0.238 e. The number of nitriles is 1. The summed E-state index contributed by atoms with van der Waals surface area (Å²) in [5, 5.41) is 20.0. The van der Waals surface area contributed by atoms with Crippen molar-refractivity contribution in [3.05, 3.63) is 75.4 Å². The maximum Gasteiger partial charge on any atom is 0.162 e. The molecule has 0 aliphatic carbocycles. The predicted molar refractivity (Wildman–Crippen MR) is 107 cm³/mol.